The van der Waals surface area contributed by atoms with Gasteiger partial charge in [-0.3, -0.25) is 4.98 Å². The summed E-state index contributed by atoms with van der Waals surface area (Å²) in [6.45, 7) is 0. The molecule has 1 aromatic heterocycles. The molecule has 2 rings (SSSR count). The van der Waals surface area contributed by atoms with Gasteiger partial charge in [-0.25, -0.2) is 0 Å². The van der Waals surface area contributed by atoms with Crippen molar-refractivity contribution in [1.82, 2.24) is 4.98 Å². The number of nitrogens with zero attached hydrogens (tertiary/aromatic N) is 1. The fourth-order valence-corrected chi connectivity index (χ4v) is 2.78. The summed E-state index contributed by atoms with van der Waals surface area (Å²) in [6, 6.07) is 3.83. The lowest BCUT2D eigenvalue weighted by Gasteiger charge is -2.16. The van der Waals surface area contributed by atoms with Crippen LogP contribution in [0.3, 0.4) is 0 Å². The second-order valence-corrected chi connectivity index (χ2v) is 5.56. The molecule has 0 unspecified atom stereocenters. The van der Waals surface area contributed by atoms with Gasteiger partial charge >= 0.3 is 6.18 Å². The Hall–Kier alpha value is -0.680. The molecule has 0 aliphatic carbocycles. The molecule has 1 aromatic carbocycles. The predicted molar refractivity (Wildman–Crippen MR) is 79.3 cm³/mol. The van der Waals surface area contributed by atoms with E-state index in [-0.39, 0.29) is 37.8 Å². The van der Waals surface area contributed by atoms with Crippen LogP contribution in [0, 0.1) is 0 Å². The van der Waals surface area contributed by atoms with Gasteiger partial charge in [0.2, 0.25) is 0 Å². The monoisotopic (exact) mass is 373 g/mol. The minimum absolute atomic E-state index is 0.00783. The van der Waals surface area contributed by atoms with Gasteiger partial charge in [0.25, 0.3) is 0 Å². The lowest BCUT2D eigenvalue weighted by molar-refractivity contribution is -0.137. The molecule has 1 nitrogen and oxygen atoms in total. The lowest BCUT2D eigenvalue weighted by atomic mass is 10.0. The summed E-state index contributed by atoms with van der Waals surface area (Å²) in [5.41, 5.74) is -1.38. The molecule has 0 spiro atoms. The summed E-state index contributed by atoms with van der Waals surface area (Å²) < 4.78 is 39.9. The molecule has 0 saturated carbocycles. The fourth-order valence-electron chi connectivity index (χ4n) is 1.86. The third-order valence-corrected chi connectivity index (χ3v) is 4.02. The van der Waals surface area contributed by atoms with Crippen molar-refractivity contribution in [2.45, 2.75) is 12.1 Å². The van der Waals surface area contributed by atoms with Crippen molar-refractivity contribution in [3.8, 4) is 11.3 Å². The summed E-state index contributed by atoms with van der Waals surface area (Å²) >= 11 is 23.3. The molecule has 0 saturated heterocycles. The van der Waals surface area contributed by atoms with Crippen LogP contribution < -0.4 is 0 Å². The molecular weight excluding hydrogens is 369 g/mol. The van der Waals surface area contributed by atoms with Crippen molar-refractivity contribution >= 4 is 46.4 Å². The number of hydrogen-bond acceptors (Lipinski definition) is 1. The molecule has 0 N–H and O–H groups in total. The van der Waals surface area contributed by atoms with Gasteiger partial charge in [-0.05, 0) is 23.8 Å². The minimum atomic E-state index is -4.63. The van der Waals surface area contributed by atoms with Crippen molar-refractivity contribution in [3.63, 3.8) is 0 Å². The zero-order chi connectivity index (χ0) is 15.8. The van der Waals surface area contributed by atoms with Crippen molar-refractivity contribution < 1.29 is 13.2 Å². The maximum absolute atomic E-state index is 13.3. The summed E-state index contributed by atoms with van der Waals surface area (Å²) in [6.07, 6.45) is -3.40. The van der Waals surface area contributed by atoms with Gasteiger partial charge in [0.1, 0.15) is 0 Å². The van der Waals surface area contributed by atoms with Gasteiger partial charge in [-0.2, -0.15) is 13.2 Å². The smallest absolute Gasteiger partial charge is 0.256 e. The zero-order valence-electron chi connectivity index (χ0n) is 10.1. The Kier molecular flexibility index (Phi) is 4.93. The number of aromatic nitrogens is 1. The van der Waals surface area contributed by atoms with E-state index >= 15 is 0 Å². The molecular formula is C13H6Cl4F3N. The van der Waals surface area contributed by atoms with Crippen LogP contribution in [-0.2, 0) is 12.1 Å². The van der Waals surface area contributed by atoms with Crippen LogP contribution >= 0.6 is 46.4 Å². The standard InChI is InChI=1S/C13H6Cl4F3N/c14-5-6-1-2-21-12(10(6)13(18,19)20)8-3-7(15)4-9(16)11(8)17/h1-4H,5H2. The number of halogens is 7. The van der Waals surface area contributed by atoms with Gasteiger partial charge in [0.05, 0.1) is 21.3 Å². The van der Waals surface area contributed by atoms with Gasteiger partial charge < -0.3 is 0 Å². The van der Waals surface area contributed by atoms with Crippen LogP contribution in [0.2, 0.25) is 15.1 Å². The van der Waals surface area contributed by atoms with Crippen LogP contribution in [0.1, 0.15) is 11.1 Å². The van der Waals surface area contributed by atoms with Crippen LogP contribution in [0.25, 0.3) is 11.3 Å². The van der Waals surface area contributed by atoms with E-state index in [2.05, 4.69) is 4.98 Å². The quantitative estimate of drug-likeness (QED) is 0.433. The van der Waals surface area contributed by atoms with E-state index in [1.54, 1.807) is 0 Å². The van der Waals surface area contributed by atoms with E-state index in [0.29, 0.717) is 0 Å². The number of rotatable bonds is 2. The minimum Gasteiger partial charge on any atom is -0.256 e. The molecule has 0 aliphatic rings. The molecule has 1 heterocycles. The van der Waals surface area contributed by atoms with Crippen molar-refractivity contribution in [1.29, 1.82) is 0 Å². The van der Waals surface area contributed by atoms with E-state index in [0.717, 1.165) is 0 Å². The molecule has 8 heteroatoms. The maximum atomic E-state index is 13.3. The second kappa shape index (κ2) is 6.21. The zero-order valence-corrected chi connectivity index (χ0v) is 13.1. The predicted octanol–water partition coefficient (Wildman–Crippen LogP) is 6.47. The normalized spacial score (nSPS) is 11.8. The first-order chi connectivity index (χ1) is 9.75. The average Bonchev–Trinajstić information content (AvgIpc) is 2.40. The second-order valence-electron chi connectivity index (χ2n) is 4.07. The Morgan fingerprint density at radius 2 is 1.76 bits per heavy atom. The summed E-state index contributed by atoms with van der Waals surface area (Å²) in [5, 5.41) is 0.154. The third kappa shape index (κ3) is 3.39. The van der Waals surface area contributed by atoms with E-state index in [1.807, 2.05) is 0 Å². The molecule has 0 amide bonds. The number of pyridine rings is 1. The topological polar surface area (TPSA) is 12.9 Å². The largest absolute Gasteiger partial charge is 0.418 e. The van der Waals surface area contributed by atoms with Gasteiger partial charge in [-0.1, -0.05) is 34.8 Å². The molecule has 112 valence electrons. The lowest BCUT2D eigenvalue weighted by Crippen LogP contribution is -2.12. The molecule has 0 radical (unpaired) electrons. The van der Waals surface area contributed by atoms with E-state index < -0.39 is 11.7 Å². The van der Waals surface area contributed by atoms with Gasteiger partial charge in [0, 0.05) is 22.7 Å². The fraction of sp³-hybridized carbons (Fsp3) is 0.154. The van der Waals surface area contributed by atoms with E-state index in [9.17, 15) is 13.2 Å². The van der Waals surface area contributed by atoms with Crippen LogP contribution in [-0.4, -0.2) is 4.98 Å². The van der Waals surface area contributed by atoms with E-state index in [1.165, 1.54) is 24.4 Å². The number of alkyl halides is 4. The van der Waals surface area contributed by atoms with Crippen molar-refractivity contribution in [3.05, 3.63) is 50.6 Å². The van der Waals surface area contributed by atoms with Crippen molar-refractivity contribution in [2.75, 3.05) is 0 Å². The molecule has 21 heavy (non-hydrogen) atoms. The Bertz CT molecular complexity index is 686. The molecule has 2 aromatic rings. The first-order valence-electron chi connectivity index (χ1n) is 5.51. The molecule has 0 bridgehead atoms. The Labute approximate surface area is 138 Å². The van der Waals surface area contributed by atoms with Crippen LogP contribution in [0.15, 0.2) is 24.4 Å². The van der Waals surface area contributed by atoms with Gasteiger partial charge in [0.15, 0.2) is 0 Å². The first-order valence-corrected chi connectivity index (χ1v) is 7.18. The Morgan fingerprint density at radius 1 is 1.10 bits per heavy atom. The van der Waals surface area contributed by atoms with Crippen LogP contribution in [0.4, 0.5) is 13.2 Å². The highest BCUT2D eigenvalue weighted by Gasteiger charge is 2.37. The van der Waals surface area contributed by atoms with E-state index in [4.69, 9.17) is 46.4 Å². The highest BCUT2D eigenvalue weighted by Crippen LogP contribution is 2.43. The molecule has 0 aliphatic heterocycles. The summed E-state index contributed by atoms with van der Waals surface area (Å²) in [7, 11) is 0. The molecule has 0 fully saturated rings. The summed E-state index contributed by atoms with van der Waals surface area (Å²) in [5.74, 6) is -0.309. The number of hydrogen-bond donors (Lipinski definition) is 0. The first kappa shape index (κ1) is 16.7. The highest BCUT2D eigenvalue weighted by atomic mass is 35.5. The highest BCUT2D eigenvalue weighted by molar-refractivity contribution is 6.45. The van der Waals surface area contributed by atoms with Gasteiger partial charge in [-0.15, -0.1) is 11.6 Å². The van der Waals surface area contributed by atoms with Crippen LogP contribution in [0.5, 0.6) is 0 Å². The SMILES string of the molecule is FC(F)(F)c1c(CCl)ccnc1-c1cc(Cl)cc(Cl)c1Cl. The summed E-state index contributed by atoms with van der Waals surface area (Å²) in [4.78, 5) is 3.79. The van der Waals surface area contributed by atoms with Crippen molar-refractivity contribution in [2.24, 2.45) is 0 Å². The average molecular weight is 375 g/mol. The molecule has 0 atom stereocenters. The third-order valence-electron chi connectivity index (χ3n) is 2.71. The Morgan fingerprint density at radius 3 is 2.33 bits per heavy atom. The Balaban J connectivity index is 2.82. The number of benzene rings is 1. The maximum Gasteiger partial charge on any atom is 0.418 e.